The molecule has 1 atom stereocenters. The standard InChI is InChI=1S/C23H25N3O4/c27-23(18-7-9-19(10-8-18)30-16-20-4-3-14-28-20)25-21-5-1-2-6-22(21)29-15-13-26-12-11-24-17-26/h1-2,5-12,17,20H,3-4,13-16H2,(H,25,27). The van der Waals surface area contributed by atoms with Crippen molar-refractivity contribution in [1.82, 2.24) is 9.55 Å². The van der Waals surface area contributed by atoms with Crippen LogP contribution in [0.25, 0.3) is 0 Å². The number of benzene rings is 2. The second-order valence-electron chi connectivity index (χ2n) is 7.07. The van der Waals surface area contributed by atoms with E-state index in [1.165, 1.54) is 0 Å². The van der Waals surface area contributed by atoms with Gasteiger partial charge in [0.15, 0.2) is 0 Å². The molecule has 0 bridgehead atoms. The van der Waals surface area contributed by atoms with E-state index in [1.54, 1.807) is 36.8 Å². The molecule has 3 aromatic rings. The third-order valence-corrected chi connectivity index (χ3v) is 4.88. The van der Waals surface area contributed by atoms with E-state index in [9.17, 15) is 4.79 Å². The number of amides is 1. The molecule has 0 saturated carbocycles. The van der Waals surface area contributed by atoms with Crippen LogP contribution in [-0.4, -0.2) is 41.4 Å². The predicted octanol–water partition coefficient (Wildman–Crippen LogP) is 3.77. The van der Waals surface area contributed by atoms with E-state index in [1.807, 2.05) is 35.0 Å². The van der Waals surface area contributed by atoms with Crippen LogP contribution in [0.5, 0.6) is 11.5 Å². The van der Waals surface area contributed by atoms with E-state index in [2.05, 4.69) is 10.3 Å². The van der Waals surface area contributed by atoms with Gasteiger partial charge in [-0.3, -0.25) is 4.79 Å². The molecule has 1 aliphatic rings. The van der Waals surface area contributed by atoms with E-state index in [0.717, 1.165) is 25.2 Å². The first kappa shape index (κ1) is 20.0. The number of imidazole rings is 1. The summed E-state index contributed by atoms with van der Waals surface area (Å²) in [6, 6.07) is 14.5. The lowest BCUT2D eigenvalue weighted by Gasteiger charge is -2.13. The lowest BCUT2D eigenvalue weighted by molar-refractivity contribution is 0.0679. The van der Waals surface area contributed by atoms with Gasteiger partial charge in [0.05, 0.1) is 24.7 Å². The second-order valence-corrected chi connectivity index (χ2v) is 7.07. The Kier molecular flexibility index (Phi) is 6.61. The number of aromatic nitrogens is 2. The molecular weight excluding hydrogens is 382 g/mol. The molecule has 156 valence electrons. The van der Waals surface area contributed by atoms with Crippen molar-refractivity contribution in [3.05, 3.63) is 72.8 Å². The van der Waals surface area contributed by atoms with Gasteiger partial charge in [0.25, 0.3) is 5.91 Å². The van der Waals surface area contributed by atoms with Gasteiger partial charge in [-0.25, -0.2) is 4.98 Å². The summed E-state index contributed by atoms with van der Waals surface area (Å²) in [4.78, 5) is 16.7. The SMILES string of the molecule is O=C(Nc1ccccc1OCCn1ccnc1)c1ccc(OCC2CCCO2)cc1. The maximum atomic E-state index is 12.7. The van der Waals surface area contributed by atoms with Crippen molar-refractivity contribution in [1.29, 1.82) is 0 Å². The van der Waals surface area contributed by atoms with Crippen LogP contribution in [0.1, 0.15) is 23.2 Å². The summed E-state index contributed by atoms with van der Waals surface area (Å²) >= 11 is 0. The Hall–Kier alpha value is -3.32. The molecule has 1 amide bonds. The Balaban J connectivity index is 1.31. The number of ether oxygens (including phenoxy) is 3. The first-order valence-electron chi connectivity index (χ1n) is 10.1. The van der Waals surface area contributed by atoms with Gasteiger partial charge in [-0.2, -0.15) is 0 Å². The van der Waals surface area contributed by atoms with E-state index in [-0.39, 0.29) is 12.0 Å². The monoisotopic (exact) mass is 407 g/mol. The number of hydrogen-bond donors (Lipinski definition) is 1. The quantitative estimate of drug-likeness (QED) is 0.584. The van der Waals surface area contributed by atoms with Crippen molar-refractivity contribution in [3.8, 4) is 11.5 Å². The van der Waals surface area contributed by atoms with Crippen LogP contribution < -0.4 is 14.8 Å². The van der Waals surface area contributed by atoms with Crippen LogP contribution in [0.3, 0.4) is 0 Å². The largest absolute Gasteiger partial charge is 0.491 e. The summed E-state index contributed by atoms with van der Waals surface area (Å²) < 4.78 is 19.1. The highest BCUT2D eigenvalue weighted by atomic mass is 16.5. The van der Waals surface area contributed by atoms with Crippen molar-refractivity contribution in [3.63, 3.8) is 0 Å². The van der Waals surface area contributed by atoms with Crippen LogP contribution in [0.2, 0.25) is 0 Å². The minimum atomic E-state index is -0.202. The summed E-state index contributed by atoms with van der Waals surface area (Å²) in [5.41, 5.74) is 1.18. The topological polar surface area (TPSA) is 74.6 Å². The number of nitrogens with one attached hydrogen (secondary N) is 1. The number of hydrogen-bond acceptors (Lipinski definition) is 5. The van der Waals surface area contributed by atoms with Gasteiger partial charge in [0.2, 0.25) is 0 Å². The molecule has 0 aliphatic carbocycles. The summed E-state index contributed by atoms with van der Waals surface area (Å²) in [5.74, 6) is 1.15. The van der Waals surface area contributed by atoms with Crippen molar-refractivity contribution in [2.24, 2.45) is 0 Å². The molecule has 0 radical (unpaired) electrons. The number of para-hydroxylation sites is 2. The molecule has 1 aromatic heterocycles. The third-order valence-electron chi connectivity index (χ3n) is 4.88. The normalized spacial score (nSPS) is 15.7. The van der Waals surface area contributed by atoms with Crippen molar-refractivity contribution in [2.45, 2.75) is 25.5 Å². The zero-order chi connectivity index (χ0) is 20.6. The molecule has 1 N–H and O–H groups in total. The fourth-order valence-corrected chi connectivity index (χ4v) is 3.24. The zero-order valence-corrected chi connectivity index (χ0v) is 16.7. The molecule has 7 nitrogen and oxygen atoms in total. The number of rotatable bonds is 9. The summed E-state index contributed by atoms with van der Waals surface area (Å²) in [7, 11) is 0. The molecule has 1 saturated heterocycles. The average molecular weight is 407 g/mol. The van der Waals surface area contributed by atoms with Crippen LogP contribution in [-0.2, 0) is 11.3 Å². The van der Waals surface area contributed by atoms with Gasteiger partial charge in [-0.15, -0.1) is 0 Å². The zero-order valence-electron chi connectivity index (χ0n) is 16.7. The maximum absolute atomic E-state index is 12.7. The molecule has 1 unspecified atom stereocenters. The van der Waals surface area contributed by atoms with Gasteiger partial charge in [-0.1, -0.05) is 12.1 Å². The maximum Gasteiger partial charge on any atom is 0.255 e. The number of anilines is 1. The number of carbonyl (C=O) groups is 1. The van der Waals surface area contributed by atoms with Crippen LogP contribution in [0.4, 0.5) is 5.69 Å². The number of nitrogens with zero attached hydrogens (tertiary/aromatic N) is 2. The summed E-state index contributed by atoms with van der Waals surface area (Å²) in [5, 5.41) is 2.92. The smallest absolute Gasteiger partial charge is 0.255 e. The van der Waals surface area contributed by atoms with E-state index in [0.29, 0.717) is 36.8 Å². The molecule has 2 heterocycles. The molecule has 1 fully saturated rings. The van der Waals surface area contributed by atoms with Crippen LogP contribution in [0, 0.1) is 0 Å². The fraction of sp³-hybridized carbons (Fsp3) is 0.304. The van der Waals surface area contributed by atoms with Crippen molar-refractivity contribution in [2.75, 3.05) is 25.1 Å². The minimum Gasteiger partial charge on any atom is -0.491 e. The highest BCUT2D eigenvalue weighted by molar-refractivity contribution is 6.05. The fourth-order valence-electron chi connectivity index (χ4n) is 3.24. The Labute approximate surface area is 175 Å². The van der Waals surface area contributed by atoms with Gasteiger partial charge in [0, 0.05) is 24.6 Å². The molecule has 7 heteroatoms. The van der Waals surface area contributed by atoms with Crippen LogP contribution >= 0.6 is 0 Å². The van der Waals surface area contributed by atoms with E-state index < -0.39 is 0 Å². The molecule has 1 aliphatic heterocycles. The predicted molar refractivity (Wildman–Crippen MR) is 113 cm³/mol. The Morgan fingerprint density at radius 2 is 2.03 bits per heavy atom. The van der Waals surface area contributed by atoms with Gasteiger partial charge >= 0.3 is 0 Å². The molecular formula is C23H25N3O4. The Morgan fingerprint density at radius 3 is 2.80 bits per heavy atom. The molecule has 0 spiro atoms. The average Bonchev–Trinajstić information content (AvgIpc) is 3.48. The first-order valence-corrected chi connectivity index (χ1v) is 10.1. The molecule has 4 rings (SSSR count). The lowest BCUT2D eigenvalue weighted by atomic mass is 10.2. The molecule has 30 heavy (non-hydrogen) atoms. The Bertz CT molecular complexity index is 935. The van der Waals surface area contributed by atoms with Gasteiger partial charge in [-0.05, 0) is 49.2 Å². The van der Waals surface area contributed by atoms with E-state index in [4.69, 9.17) is 14.2 Å². The highest BCUT2D eigenvalue weighted by Gasteiger charge is 2.16. The van der Waals surface area contributed by atoms with Gasteiger partial charge in [0.1, 0.15) is 24.7 Å². The second kappa shape index (κ2) is 9.93. The third kappa shape index (κ3) is 5.39. The van der Waals surface area contributed by atoms with Crippen molar-refractivity contribution >= 4 is 11.6 Å². The number of carbonyl (C=O) groups excluding carboxylic acids is 1. The summed E-state index contributed by atoms with van der Waals surface area (Å²) in [6.07, 6.45) is 7.63. The highest BCUT2D eigenvalue weighted by Crippen LogP contribution is 2.25. The minimum absolute atomic E-state index is 0.165. The summed E-state index contributed by atoms with van der Waals surface area (Å²) in [6.45, 7) is 2.49. The first-order chi connectivity index (χ1) is 14.8. The van der Waals surface area contributed by atoms with Crippen LogP contribution in [0.15, 0.2) is 67.3 Å². The van der Waals surface area contributed by atoms with Gasteiger partial charge < -0.3 is 24.1 Å². The Morgan fingerprint density at radius 1 is 1.17 bits per heavy atom. The van der Waals surface area contributed by atoms with E-state index >= 15 is 0 Å². The van der Waals surface area contributed by atoms with Crippen molar-refractivity contribution < 1.29 is 19.0 Å². The molecule has 2 aromatic carbocycles. The lowest BCUT2D eigenvalue weighted by Crippen LogP contribution is -2.16.